The van der Waals surface area contributed by atoms with E-state index in [1.54, 1.807) is 36.4 Å². The second kappa shape index (κ2) is 10.2. The summed E-state index contributed by atoms with van der Waals surface area (Å²) < 4.78 is 32.5. The third-order valence-electron chi connectivity index (χ3n) is 7.10. The van der Waals surface area contributed by atoms with Gasteiger partial charge in [0.25, 0.3) is 0 Å². The summed E-state index contributed by atoms with van der Waals surface area (Å²) in [4.78, 5) is 27.4. The molecule has 1 heterocycles. The van der Waals surface area contributed by atoms with Crippen LogP contribution < -0.4 is 5.73 Å². The van der Waals surface area contributed by atoms with Gasteiger partial charge in [-0.15, -0.1) is 0 Å². The summed E-state index contributed by atoms with van der Waals surface area (Å²) in [7, 11) is 0. The number of carbonyl (C=O) groups excluding carboxylic acids is 2. The topological polar surface area (TPSA) is 72.6 Å². The summed E-state index contributed by atoms with van der Waals surface area (Å²) in [5.74, 6) is -2.10. The zero-order chi connectivity index (χ0) is 25.2. The van der Waals surface area contributed by atoms with Gasteiger partial charge in [-0.05, 0) is 71.3 Å². The maximum Gasteiger partial charge on any atom is 0.338 e. The molecule has 3 aromatic rings. The van der Waals surface area contributed by atoms with Crippen molar-refractivity contribution in [2.24, 2.45) is 5.73 Å². The van der Waals surface area contributed by atoms with Crippen LogP contribution in [0.1, 0.15) is 45.8 Å². The van der Waals surface area contributed by atoms with Crippen molar-refractivity contribution >= 4 is 11.9 Å². The van der Waals surface area contributed by atoms with Crippen LogP contribution in [-0.2, 0) is 22.5 Å². The van der Waals surface area contributed by atoms with E-state index in [1.807, 2.05) is 12.1 Å². The van der Waals surface area contributed by atoms with Crippen LogP contribution in [0.15, 0.2) is 66.7 Å². The van der Waals surface area contributed by atoms with Crippen molar-refractivity contribution < 1.29 is 23.1 Å². The van der Waals surface area contributed by atoms with Gasteiger partial charge in [0.15, 0.2) is 0 Å². The Morgan fingerprint density at radius 1 is 0.972 bits per heavy atom. The summed E-state index contributed by atoms with van der Waals surface area (Å²) in [6.45, 7) is 1.86. The molecule has 5 nitrogen and oxygen atoms in total. The van der Waals surface area contributed by atoms with Crippen molar-refractivity contribution in [2.75, 3.05) is 13.1 Å². The second-order valence-corrected chi connectivity index (χ2v) is 9.60. The molecule has 7 heteroatoms. The van der Waals surface area contributed by atoms with E-state index < -0.39 is 30.1 Å². The molecule has 0 saturated carbocycles. The minimum absolute atomic E-state index is 0.310. The number of likely N-dealkylation sites (tertiary alicyclic amines) is 1. The second-order valence-electron chi connectivity index (χ2n) is 9.60. The lowest BCUT2D eigenvalue weighted by atomic mass is 9.79. The number of hydrogen-bond donors (Lipinski definition) is 1. The Kier molecular flexibility index (Phi) is 6.83. The molecule has 0 aromatic heterocycles. The zero-order valence-electron chi connectivity index (χ0n) is 19.8. The lowest BCUT2D eigenvalue weighted by Gasteiger charge is -2.32. The Bertz CT molecular complexity index is 1260. The van der Waals surface area contributed by atoms with Gasteiger partial charge in [0.2, 0.25) is 5.91 Å². The number of esters is 1. The van der Waals surface area contributed by atoms with Gasteiger partial charge in [-0.2, -0.15) is 0 Å². The first-order valence-corrected chi connectivity index (χ1v) is 12.2. The highest BCUT2D eigenvalue weighted by atomic mass is 19.1. The monoisotopic (exact) mass is 490 g/mol. The molecule has 3 unspecified atom stereocenters. The van der Waals surface area contributed by atoms with E-state index in [1.165, 1.54) is 12.1 Å². The third-order valence-corrected chi connectivity index (χ3v) is 7.10. The number of primary amides is 1. The van der Waals surface area contributed by atoms with Crippen molar-refractivity contribution in [3.05, 3.63) is 94.8 Å². The first-order chi connectivity index (χ1) is 17.4. The van der Waals surface area contributed by atoms with Crippen molar-refractivity contribution in [1.29, 1.82) is 0 Å². The van der Waals surface area contributed by atoms with Gasteiger partial charge < -0.3 is 10.5 Å². The maximum atomic E-state index is 13.5. The van der Waals surface area contributed by atoms with Crippen molar-refractivity contribution in [3.63, 3.8) is 0 Å². The molecule has 5 rings (SSSR count). The van der Waals surface area contributed by atoms with Gasteiger partial charge in [-0.1, -0.05) is 42.5 Å². The van der Waals surface area contributed by atoms with Crippen molar-refractivity contribution in [1.82, 2.24) is 4.90 Å². The fraction of sp³-hybridized carbons (Fsp3) is 0.310. The van der Waals surface area contributed by atoms with E-state index in [9.17, 15) is 18.4 Å². The molecule has 1 aliphatic heterocycles. The normalized spacial score (nSPS) is 21.7. The highest BCUT2D eigenvalue weighted by Gasteiger charge is 2.36. The Hall–Kier alpha value is -3.58. The smallest absolute Gasteiger partial charge is 0.338 e. The van der Waals surface area contributed by atoms with Crippen LogP contribution in [0.2, 0.25) is 0 Å². The summed E-state index contributed by atoms with van der Waals surface area (Å²) in [6, 6.07) is 18.9. The fourth-order valence-electron chi connectivity index (χ4n) is 5.24. The van der Waals surface area contributed by atoms with E-state index in [0.717, 1.165) is 34.4 Å². The van der Waals surface area contributed by atoms with E-state index in [2.05, 4.69) is 11.0 Å². The number of nitrogens with two attached hydrogens (primary N) is 1. The number of nitrogens with zero attached hydrogens (tertiary/aromatic N) is 1. The van der Waals surface area contributed by atoms with Gasteiger partial charge in [-0.25, -0.2) is 13.6 Å². The summed E-state index contributed by atoms with van der Waals surface area (Å²) in [6.07, 6.45) is 0.281. The van der Waals surface area contributed by atoms with Crippen molar-refractivity contribution in [3.8, 4) is 11.1 Å². The number of benzene rings is 3. The molecule has 1 aliphatic carbocycles. The highest BCUT2D eigenvalue weighted by Crippen LogP contribution is 2.35. The lowest BCUT2D eigenvalue weighted by molar-refractivity contribution is -0.122. The molecule has 2 N–H and O–H groups in total. The van der Waals surface area contributed by atoms with E-state index in [4.69, 9.17) is 10.5 Å². The van der Waals surface area contributed by atoms with E-state index in [0.29, 0.717) is 37.9 Å². The zero-order valence-corrected chi connectivity index (χ0v) is 19.8. The van der Waals surface area contributed by atoms with Gasteiger partial charge in [-0.3, -0.25) is 9.69 Å². The fourth-order valence-corrected chi connectivity index (χ4v) is 5.24. The molecule has 2 aliphatic rings. The van der Waals surface area contributed by atoms with Crippen LogP contribution in [0.5, 0.6) is 0 Å². The van der Waals surface area contributed by atoms with Crippen LogP contribution in [0, 0.1) is 5.82 Å². The summed E-state index contributed by atoms with van der Waals surface area (Å²) in [5, 5.41) is 0. The average Bonchev–Trinajstić information content (AvgIpc) is 3.28. The molecule has 36 heavy (non-hydrogen) atoms. The molecular weight excluding hydrogens is 462 g/mol. The third kappa shape index (κ3) is 5.16. The molecule has 3 aromatic carbocycles. The Morgan fingerprint density at radius 3 is 2.31 bits per heavy atom. The first kappa shape index (κ1) is 24.1. The number of alkyl halides is 1. The molecule has 0 bridgehead atoms. The number of hydrogen-bond acceptors (Lipinski definition) is 4. The Balaban J connectivity index is 1.28. The van der Waals surface area contributed by atoms with Gasteiger partial charge in [0.05, 0.1) is 11.5 Å². The highest BCUT2D eigenvalue weighted by molar-refractivity contribution is 5.91. The predicted molar refractivity (Wildman–Crippen MR) is 133 cm³/mol. The van der Waals surface area contributed by atoms with E-state index in [-0.39, 0.29) is 5.82 Å². The van der Waals surface area contributed by atoms with Crippen LogP contribution in [0.25, 0.3) is 11.1 Å². The SMILES string of the molecule is NC(=O)C1c2ccc(CN3CCC(F)C3)cc2CCC1OC(=O)c1ccc(-c2ccc(F)cc2)cc1. The quantitative estimate of drug-likeness (QED) is 0.505. The summed E-state index contributed by atoms with van der Waals surface area (Å²) in [5.41, 5.74) is 10.7. The average molecular weight is 491 g/mol. The molecule has 0 spiro atoms. The minimum atomic E-state index is -0.767. The standard InChI is InChI=1S/C29H28F2N2O3/c30-23-9-6-20(7-10-23)19-2-4-21(5-3-19)29(35)36-26-12-8-22-15-18(16-33-14-13-24(31)17-33)1-11-25(22)27(26)28(32)34/h1-7,9-11,15,24,26-27H,8,12-14,16-17H2,(H2,32,34). The predicted octanol–water partition coefficient (Wildman–Crippen LogP) is 4.78. The number of carbonyl (C=O) groups is 2. The molecule has 1 fully saturated rings. The number of amides is 1. The molecule has 3 atom stereocenters. The number of fused-ring (bicyclic) bond motifs is 1. The Labute approximate surface area is 208 Å². The first-order valence-electron chi connectivity index (χ1n) is 12.2. The minimum Gasteiger partial charge on any atom is -0.458 e. The molecular formula is C29H28F2N2O3. The number of rotatable bonds is 6. The van der Waals surface area contributed by atoms with Gasteiger partial charge >= 0.3 is 5.97 Å². The maximum absolute atomic E-state index is 13.5. The number of aryl methyl sites for hydroxylation is 1. The van der Waals surface area contributed by atoms with Crippen LogP contribution in [-0.4, -0.2) is 42.1 Å². The number of halogens is 2. The van der Waals surface area contributed by atoms with Crippen LogP contribution >= 0.6 is 0 Å². The van der Waals surface area contributed by atoms with Crippen LogP contribution in [0.4, 0.5) is 8.78 Å². The largest absolute Gasteiger partial charge is 0.458 e. The van der Waals surface area contributed by atoms with Gasteiger partial charge in [0, 0.05) is 19.6 Å². The molecule has 1 saturated heterocycles. The summed E-state index contributed by atoms with van der Waals surface area (Å²) >= 11 is 0. The van der Waals surface area contributed by atoms with Crippen molar-refractivity contribution in [2.45, 2.75) is 44.0 Å². The van der Waals surface area contributed by atoms with Crippen LogP contribution in [0.3, 0.4) is 0 Å². The molecule has 186 valence electrons. The molecule has 1 amide bonds. The van der Waals surface area contributed by atoms with E-state index >= 15 is 0 Å². The van der Waals surface area contributed by atoms with Gasteiger partial charge in [0.1, 0.15) is 18.1 Å². The Morgan fingerprint density at radius 2 is 1.67 bits per heavy atom. The molecule has 0 radical (unpaired) electrons. The lowest BCUT2D eigenvalue weighted by Crippen LogP contribution is -2.38. The number of ether oxygens (including phenoxy) is 1.